The molecule has 0 saturated carbocycles. The maximum absolute atomic E-state index is 8.56. The van der Waals surface area contributed by atoms with Crippen LogP contribution in [0.15, 0.2) is 12.3 Å². The van der Waals surface area contributed by atoms with E-state index in [1.807, 2.05) is 0 Å². The van der Waals surface area contributed by atoms with E-state index in [4.69, 9.17) is 5.11 Å². The number of nitrogens with zero attached hydrogens (tertiary/aromatic N) is 1. The molecule has 1 aliphatic rings. The quantitative estimate of drug-likeness (QED) is 0.586. The minimum Gasteiger partial charge on any atom is -0.395 e. The molecule has 9 heavy (non-hydrogen) atoms. The van der Waals surface area contributed by atoms with Crippen molar-refractivity contribution in [3.05, 3.63) is 12.3 Å². The molecule has 0 spiro atoms. The van der Waals surface area contributed by atoms with Crippen molar-refractivity contribution in [1.82, 2.24) is 4.90 Å². The Morgan fingerprint density at radius 3 is 2.89 bits per heavy atom. The predicted molar refractivity (Wildman–Crippen MR) is 37.0 cm³/mol. The van der Waals surface area contributed by atoms with Crippen molar-refractivity contribution in [2.45, 2.75) is 12.8 Å². The van der Waals surface area contributed by atoms with Gasteiger partial charge in [-0.2, -0.15) is 0 Å². The van der Waals surface area contributed by atoms with Gasteiger partial charge in [-0.15, -0.1) is 0 Å². The van der Waals surface area contributed by atoms with Crippen LogP contribution in [0.25, 0.3) is 0 Å². The van der Waals surface area contributed by atoms with E-state index in [2.05, 4.69) is 11.5 Å². The lowest BCUT2D eigenvalue weighted by molar-refractivity contribution is 0.240. The molecule has 0 radical (unpaired) electrons. The average Bonchev–Trinajstić information content (AvgIpc) is 2.18. The topological polar surface area (TPSA) is 23.5 Å². The van der Waals surface area contributed by atoms with Gasteiger partial charge >= 0.3 is 0 Å². The molecule has 1 aliphatic heterocycles. The molecule has 52 valence electrons. The molecule has 0 aromatic rings. The molecule has 1 saturated heterocycles. The van der Waals surface area contributed by atoms with E-state index >= 15 is 0 Å². The van der Waals surface area contributed by atoms with Gasteiger partial charge in [-0.05, 0) is 12.8 Å². The molecule has 1 heterocycles. The maximum atomic E-state index is 8.56. The van der Waals surface area contributed by atoms with E-state index in [9.17, 15) is 0 Å². The number of β-amino-alcohol motifs (C(OH)–C–C–N with tert-alkyl or cyclic N) is 1. The number of aliphatic hydroxyl groups excluding tert-OH is 1. The Morgan fingerprint density at radius 1 is 1.67 bits per heavy atom. The first-order chi connectivity index (χ1) is 4.34. The summed E-state index contributed by atoms with van der Waals surface area (Å²) >= 11 is 0. The van der Waals surface area contributed by atoms with Gasteiger partial charge in [0.1, 0.15) is 0 Å². The van der Waals surface area contributed by atoms with Crippen LogP contribution < -0.4 is 0 Å². The van der Waals surface area contributed by atoms with Gasteiger partial charge in [0.05, 0.1) is 6.61 Å². The monoisotopic (exact) mass is 127 g/mol. The Labute approximate surface area is 55.8 Å². The van der Waals surface area contributed by atoms with Crippen molar-refractivity contribution in [1.29, 1.82) is 0 Å². The predicted octanol–water partition coefficient (Wildman–Crippen LogP) is 0.588. The van der Waals surface area contributed by atoms with E-state index in [1.165, 1.54) is 12.1 Å². The molecule has 0 atom stereocenters. The second-order valence-electron chi connectivity index (χ2n) is 2.38. The highest BCUT2D eigenvalue weighted by Gasteiger charge is 2.12. The van der Waals surface area contributed by atoms with Crippen molar-refractivity contribution >= 4 is 0 Å². The van der Waals surface area contributed by atoms with Crippen LogP contribution in [-0.4, -0.2) is 29.7 Å². The van der Waals surface area contributed by atoms with Crippen LogP contribution in [0.4, 0.5) is 0 Å². The Bertz CT molecular complexity index is 111. The zero-order chi connectivity index (χ0) is 6.69. The first-order valence-electron chi connectivity index (χ1n) is 3.38. The van der Waals surface area contributed by atoms with Crippen LogP contribution in [0.3, 0.4) is 0 Å². The molecule has 1 fully saturated rings. The summed E-state index contributed by atoms with van der Waals surface area (Å²) in [6, 6.07) is 0. The van der Waals surface area contributed by atoms with Gasteiger partial charge in [0.15, 0.2) is 0 Å². The van der Waals surface area contributed by atoms with E-state index < -0.39 is 0 Å². The van der Waals surface area contributed by atoms with Crippen LogP contribution in [0.1, 0.15) is 12.8 Å². The van der Waals surface area contributed by atoms with Crippen LogP contribution in [0.5, 0.6) is 0 Å². The fourth-order valence-corrected chi connectivity index (χ4v) is 1.18. The summed E-state index contributed by atoms with van der Waals surface area (Å²) in [6.07, 6.45) is 2.32. The Hall–Kier alpha value is -0.500. The molecule has 2 nitrogen and oxygen atoms in total. The van der Waals surface area contributed by atoms with Crippen molar-refractivity contribution in [2.24, 2.45) is 0 Å². The lowest BCUT2D eigenvalue weighted by Crippen LogP contribution is -2.20. The van der Waals surface area contributed by atoms with Crippen LogP contribution in [0.2, 0.25) is 0 Å². The number of likely N-dealkylation sites (tertiary alicyclic amines) is 1. The molecule has 0 amide bonds. The third kappa shape index (κ3) is 1.45. The van der Waals surface area contributed by atoms with E-state index in [-0.39, 0.29) is 6.61 Å². The van der Waals surface area contributed by atoms with Crippen molar-refractivity contribution in [3.63, 3.8) is 0 Å². The summed E-state index contributed by atoms with van der Waals surface area (Å²) in [5.41, 5.74) is 1.18. The lowest BCUT2D eigenvalue weighted by atomic mass is 10.3. The normalized spacial score (nSPS) is 19.2. The SMILES string of the molecule is C=C1CCCN1CCO. The lowest BCUT2D eigenvalue weighted by Gasteiger charge is -2.16. The van der Waals surface area contributed by atoms with Gasteiger partial charge in [-0.1, -0.05) is 6.58 Å². The number of aliphatic hydroxyl groups is 1. The second kappa shape index (κ2) is 2.87. The maximum Gasteiger partial charge on any atom is 0.0606 e. The molecule has 2 heteroatoms. The largest absolute Gasteiger partial charge is 0.395 e. The van der Waals surface area contributed by atoms with Crippen molar-refractivity contribution in [2.75, 3.05) is 19.7 Å². The minimum atomic E-state index is 0.249. The summed E-state index contributed by atoms with van der Waals surface area (Å²) in [4.78, 5) is 2.14. The van der Waals surface area contributed by atoms with Crippen molar-refractivity contribution in [3.8, 4) is 0 Å². The van der Waals surface area contributed by atoms with Gasteiger partial charge in [0.25, 0.3) is 0 Å². The summed E-state index contributed by atoms with van der Waals surface area (Å²) in [7, 11) is 0. The zero-order valence-corrected chi connectivity index (χ0v) is 5.64. The Balaban J connectivity index is 2.31. The fraction of sp³-hybridized carbons (Fsp3) is 0.714. The first-order valence-corrected chi connectivity index (χ1v) is 3.38. The molecular formula is C7H13NO. The number of allylic oxidation sites excluding steroid dienone is 1. The molecule has 1 N–H and O–H groups in total. The third-order valence-corrected chi connectivity index (χ3v) is 1.71. The molecular weight excluding hydrogens is 114 g/mol. The molecule has 0 aliphatic carbocycles. The van der Waals surface area contributed by atoms with Crippen LogP contribution in [0, 0.1) is 0 Å². The van der Waals surface area contributed by atoms with Gasteiger partial charge < -0.3 is 10.0 Å². The fourth-order valence-electron chi connectivity index (χ4n) is 1.18. The minimum absolute atomic E-state index is 0.249. The van der Waals surface area contributed by atoms with Gasteiger partial charge in [-0.25, -0.2) is 0 Å². The highest BCUT2D eigenvalue weighted by Crippen LogP contribution is 2.17. The second-order valence-corrected chi connectivity index (χ2v) is 2.38. The van der Waals surface area contributed by atoms with Crippen LogP contribution in [-0.2, 0) is 0 Å². The van der Waals surface area contributed by atoms with Gasteiger partial charge in [0, 0.05) is 18.8 Å². The highest BCUT2D eigenvalue weighted by molar-refractivity contribution is 4.98. The molecule has 0 unspecified atom stereocenters. The Kier molecular flexibility index (Phi) is 2.11. The average molecular weight is 127 g/mol. The summed E-state index contributed by atoms with van der Waals surface area (Å²) in [6.45, 7) is 5.96. The summed E-state index contributed by atoms with van der Waals surface area (Å²) < 4.78 is 0. The zero-order valence-electron chi connectivity index (χ0n) is 5.64. The molecule has 0 aromatic heterocycles. The van der Waals surface area contributed by atoms with Gasteiger partial charge in [-0.3, -0.25) is 0 Å². The standard InChI is InChI=1S/C7H13NO/c1-7-3-2-4-8(7)5-6-9/h9H,1-6H2. The highest BCUT2D eigenvalue weighted by atomic mass is 16.3. The van der Waals surface area contributed by atoms with E-state index in [0.717, 1.165) is 19.5 Å². The first kappa shape index (κ1) is 6.62. The number of hydrogen-bond acceptors (Lipinski definition) is 2. The number of hydrogen-bond donors (Lipinski definition) is 1. The van der Waals surface area contributed by atoms with Crippen LogP contribution >= 0.6 is 0 Å². The number of rotatable bonds is 2. The molecule has 0 aromatic carbocycles. The summed E-state index contributed by atoms with van der Waals surface area (Å²) in [5.74, 6) is 0. The third-order valence-electron chi connectivity index (χ3n) is 1.71. The van der Waals surface area contributed by atoms with E-state index in [0.29, 0.717) is 0 Å². The smallest absolute Gasteiger partial charge is 0.0606 e. The molecule has 1 rings (SSSR count). The van der Waals surface area contributed by atoms with Gasteiger partial charge in [0.2, 0.25) is 0 Å². The Morgan fingerprint density at radius 2 is 2.44 bits per heavy atom. The summed E-state index contributed by atoms with van der Waals surface area (Å²) in [5, 5.41) is 8.56. The molecule has 0 bridgehead atoms. The van der Waals surface area contributed by atoms with Crippen molar-refractivity contribution < 1.29 is 5.11 Å². The van der Waals surface area contributed by atoms with E-state index in [1.54, 1.807) is 0 Å².